The molecule has 3 heterocycles. The van der Waals surface area contributed by atoms with Crippen LogP contribution < -0.4 is 0 Å². The van der Waals surface area contributed by atoms with Crippen molar-refractivity contribution in [2.45, 2.75) is 64.5 Å². The van der Waals surface area contributed by atoms with E-state index in [1.54, 1.807) is 6.07 Å². The van der Waals surface area contributed by atoms with Crippen LogP contribution in [0.5, 0.6) is 0 Å². The van der Waals surface area contributed by atoms with E-state index >= 15 is 0 Å². The fraction of sp³-hybridized carbons (Fsp3) is 0.789. The second kappa shape index (κ2) is 7.41. The molecule has 0 bridgehead atoms. The quantitative estimate of drug-likeness (QED) is 0.813. The van der Waals surface area contributed by atoms with E-state index < -0.39 is 10.0 Å². The molecular weight excluding hydrogens is 336 g/mol. The van der Waals surface area contributed by atoms with Gasteiger partial charge in [0.1, 0.15) is 5.76 Å². The number of furan rings is 1. The lowest BCUT2D eigenvalue weighted by Gasteiger charge is -2.29. The zero-order chi connectivity index (χ0) is 18.1. The van der Waals surface area contributed by atoms with Crippen LogP contribution in [0, 0.1) is 11.3 Å². The fourth-order valence-electron chi connectivity index (χ4n) is 4.04. The molecule has 6 heteroatoms. The van der Waals surface area contributed by atoms with Gasteiger partial charge in [-0.1, -0.05) is 20.8 Å². The maximum atomic E-state index is 12.6. The third-order valence-corrected chi connectivity index (χ3v) is 7.49. The topological polar surface area (TPSA) is 53.8 Å². The summed E-state index contributed by atoms with van der Waals surface area (Å²) in [5.74, 6) is 1.51. The first-order chi connectivity index (χ1) is 11.8. The van der Waals surface area contributed by atoms with E-state index in [-0.39, 0.29) is 5.09 Å². The van der Waals surface area contributed by atoms with Gasteiger partial charge in [-0.2, -0.15) is 4.31 Å². The molecule has 1 aromatic heterocycles. The second-order valence-corrected chi connectivity index (χ2v) is 10.5. The Morgan fingerprint density at radius 3 is 2.44 bits per heavy atom. The van der Waals surface area contributed by atoms with Crippen LogP contribution in [0.4, 0.5) is 0 Å². The van der Waals surface area contributed by atoms with Gasteiger partial charge in [0, 0.05) is 13.1 Å². The van der Waals surface area contributed by atoms with Gasteiger partial charge in [0.2, 0.25) is 5.09 Å². The highest BCUT2D eigenvalue weighted by Crippen LogP contribution is 2.34. The normalized spacial score (nSPS) is 24.5. The van der Waals surface area contributed by atoms with Crippen LogP contribution in [-0.4, -0.2) is 43.8 Å². The third kappa shape index (κ3) is 4.47. The first-order valence-corrected chi connectivity index (χ1v) is 11.0. The SMILES string of the molecule is CC(C)(C)[C@H]1CCCN(Cc2ccc(S(=O)(=O)N3CCCC3)o2)CC1. The summed E-state index contributed by atoms with van der Waals surface area (Å²) in [6, 6.07) is 3.45. The Balaban J connectivity index is 1.62. The summed E-state index contributed by atoms with van der Waals surface area (Å²) in [4.78, 5) is 2.40. The Morgan fingerprint density at radius 1 is 1.04 bits per heavy atom. The lowest BCUT2D eigenvalue weighted by Crippen LogP contribution is -2.27. The molecule has 0 spiro atoms. The monoisotopic (exact) mass is 368 g/mol. The Bertz CT molecular complexity index is 669. The Kier molecular flexibility index (Phi) is 5.61. The van der Waals surface area contributed by atoms with Crippen molar-refractivity contribution in [3.05, 3.63) is 17.9 Å². The van der Waals surface area contributed by atoms with Crippen LogP contribution in [0.2, 0.25) is 0 Å². The van der Waals surface area contributed by atoms with Gasteiger partial charge in [0.25, 0.3) is 10.0 Å². The summed E-state index contributed by atoms with van der Waals surface area (Å²) in [6.07, 6.45) is 5.54. The molecule has 1 aromatic rings. The highest BCUT2D eigenvalue weighted by molar-refractivity contribution is 7.89. The molecule has 2 fully saturated rings. The van der Waals surface area contributed by atoms with Crippen LogP contribution in [0.1, 0.15) is 58.6 Å². The highest BCUT2D eigenvalue weighted by Gasteiger charge is 2.31. The van der Waals surface area contributed by atoms with Crippen molar-refractivity contribution in [1.82, 2.24) is 9.21 Å². The molecule has 142 valence electrons. The van der Waals surface area contributed by atoms with E-state index in [0.29, 0.717) is 25.0 Å². The first-order valence-electron chi connectivity index (χ1n) is 9.58. The Morgan fingerprint density at radius 2 is 1.76 bits per heavy atom. The van der Waals surface area contributed by atoms with Crippen molar-refractivity contribution < 1.29 is 12.8 Å². The standard InChI is InChI=1S/C19H32N2O3S/c1-19(2,3)16-7-6-11-20(14-10-16)15-17-8-9-18(24-17)25(22,23)21-12-4-5-13-21/h8-9,16H,4-7,10-15H2,1-3H3/t16-/m0/s1. The van der Waals surface area contributed by atoms with Gasteiger partial charge in [0.15, 0.2) is 0 Å². The molecular formula is C19H32N2O3S. The molecule has 0 unspecified atom stereocenters. The van der Waals surface area contributed by atoms with Crippen molar-refractivity contribution in [2.75, 3.05) is 26.2 Å². The highest BCUT2D eigenvalue weighted by atomic mass is 32.2. The molecule has 2 aliphatic rings. The first kappa shape index (κ1) is 18.9. The van der Waals surface area contributed by atoms with E-state index in [0.717, 1.165) is 37.6 Å². The van der Waals surface area contributed by atoms with Crippen LogP contribution in [0.15, 0.2) is 21.6 Å². The van der Waals surface area contributed by atoms with Gasteiger partial charge in [-0.25, -0.2) is 8.42 Å². The number of nitrogens with zero attached hydrogens (tertiary/aromatic N) is 2. The van der Waals surface area contributed by atoms with Crippen LogP contribution in [-0.2, 0) is 16.6 Å². The molecule has 0 saturated carbocycles. The van der Waals surface area contributed by atoms with Gasteiger partial charge in [-0.05, 0) is 68.7 Å². The van der Waals surface area contributed by atoms with Crippen molar-refractivity contribution in [2.24, 2.45) is 11.3 Å². The molecule has 2 saturated heterocycles. The molecule has 2 aliphatic heterocycles. The predicted octanol–water partition coefficient (Wildman–Crippen LogP) is 3.71. The fourth-order valence-corrected chi connectivity index (χ4v) is 5.48. The Labute approximate surface area is 152 Å². The number of hydrogen-bond acceptors (Lipinski definition) is 4. The molecule has 1 atom stereocenters. The summed E-state index contributed by atoms with van der Waals surface area (Å²) < 4.78 is 32.4. The van der Waals surface area contributed by atoms with Gasteiger partial charge in [0.05, 0.1) is 6.54 Å². The average Bonchev–Trinajstić information content (AvgIpc) is 3.16. The van der Waals surface area contributed by atoms with E-state index in [1.807, 2.05) is 6.07 Å². The molecule has 0 amide bonds. The van der Waals surface area contributed by atoms with Crippen LogP contribution >= 0.6 is 0 Å². The summed E-state index contributed by atoms with van der Waals surface area (Å²) in [7, 11) is -3.45. The maximum Gasteiger partial charge on any atom is 0.276 e. The smallest absolute Gasteiger partial charge is 0.276 e. The minimum absolute atomic E-state index is 0.104. The summed E-state index contributed by atoms with van der Waals surface area (Å²) in [5, 5.41) is 0.104. The largest absolute Gasteiger partial charge is 0.447 e. The maximum absolute atomic E-state index is 12.6. The van der Waals surface area contributed by atoms with Crippen LogP contribution in [0.25, 0.3) is 0 Å². The second-order valence-electron chi connectivity index (χ2n) is 8.60. The predicted molar refractivity (Wildman–Crippen MR) is 98.8 cm³/mol. The zero-order valence-electron chi connectivity index (χ0n) is 15.8. The molecule has 0 N–H and O–H groups in total. The minimum atomic E-state index is -3.45. The molecule has 0 radical (unpaired) electrons. The van der Waals surface area contributed by atoms with Crippen molar-refractivity contribution >= 4 is 10.0 Å². The van der Waals surface area contributed by atoms with Crippen molar-refractivity contribution in [3.8, 4) is 0 Å². The summed E-state index contributed by atoms with van der Waals surface area (Å²) in [6.45, 7) is 11.0. The lowest BCUT2D eigenvalue weighted by atomic mass is 9.77. The van der Waals surface area contributed by atoms with E-state index in [2.05, 4.69) is 25.7 Å². The number of rotatable bonds is 4. The molecule has 0 aliphatic carbocycles. The third-order valence-electron chi connectivity index (χ3n) is 5.72. The lowest BCUT2D eigenvalue weighted by molar-refractivity contribution is 0.201. The zero-order valence-corrected chi connectivity index (χ0v) is 16.6. The van der Waals surface area contributed by atoms with Gasteiger partial charge in [-0.3, -0.25) is 4.90 Å². The van der Waals surface area contributed by atoms with Crippen LogP contribution in [0.3, 0.4) is 0 Å². The number of likely N-dealkylation sites (tertiary alicyclic amines) is 1. The van der Waals surface area contributed by atoms with Crippen molar-refractivity contribution in [3.63, 3.8) is 0 Å². The number of sulfonamides is 1. The van der Waals surface area contributed by atoms with Gasteiger partial charge in [-0.15, -0.1) is 0 Å². The van der Waals surface area contributed by atoms with E-state index in [4.69, 9.17) is 4.42 Å². The van der Waals surface area contributed by atoms with Gasteiger partial charge < -0.3 is 4.42 Å². The molecule has 3 rings (SSSR count). The van der Waals surface area contributed by atoms with Gasteiger partial charge >= 0.3 is 0 Å². The minimum Gasteiger partial charge on any atom is -0.447 e. The molecule has 25 heavy (non-hydrogen) atoms. The Hall–Kier alpha value is -0.850. The average molecular weight is 369 g/mol. The van der Waals surface area contributed by atoms with Crippen molar-refractivity contribution in [1.29, 1.82) is 0 Å². The summed E-state index contributed by atoms with van der Waals surface area (Å²) in [5.41, 5.74) is 0.359. The molecule has 5 nitrogen and oxygen atoms in total. The summed E-state index contributed by atoms with van der Waals surface area (Å²) >= 11 is 0. The number of hydrogen-bond donors (Lipinski definition) is 0. The van der Waals surface area contributed by atoms with E-state index in [9.17, 15) is 8.42 Å². The molecule has 0 aromatic carbocycles. The van der Waals surface area contributed by atoms with E-state index in [1.165, 1.54) is 23.6 Å².